The summed E-state index contributed by atoms with van der Waals surface area (Å²) in [6.07, 6.45) is 5.94. The Bertz CT molecular complexity index is 1670. The standard InChI is InChI=1S/C32H35FN4O3S/c1-22-8-6-10-26(18-22)41(39,40)35-30-13-7-9-24-14-15-25(20-28(24)30)37(21-31-34-16-17-36(31)3)32(38)19-23(2)27-11-4-5-12-29(27)33/h4-6,8,10-12,14-18,20,23,30,35H,7,9,13,19,21H2,1-3H3/t23-,30+/m1/s1. The van der Waals surface area contributed by atoms with Gasteiger partial charge in [-0.3, -0.25) is 4.79 Å². The molecule has 1 aliphatic rings. The predicted molar refractivity (Wildman–Crippen MR) is 157 cm³/mol. The molecule has 0 spiro atoms. The SMILES string of the molecule is Cc1cccc(S(=O)(=O)N[C@H]2CCCc3ccc(N(Cc4nccn4C)C(=O)C[C@@H](C)c4ccccc4F)cc32)c1. The van der Waals surface area contributed by atoms with Gasteiger partial charge < -0.3 is 9.47 Å². The summed E-state index contributed by atoms with van der Waals surface area (Å²) in [6, 6.07) is 18.8. The molecule has 0 fully saturated rings. The van der Waals surface area contributed by atoms with Crippen LogP contribution in [0, 0.1) is 12.7 Å². The fourth-order valence-electron chi connectivity index (χ4n) is 5.49. The number of nitrogens with one attached hydrogen (secondary N) is 1. The zero-order valence-corrected chi connectivity index (χ0v) is 24.4. The number of imidazole rings is 1. The Hall–Kier alpha value is -3.82. The molecule has 4 aromatic rings. The fraction of sp³-hybridized carbons (Fsp3) is 0.312. The van der Waals surface area contributed by atoms with E-state index in [0.717, 1.165) is 29.5 Å². The Morgan fingerprint density at radius 2 is 1.95 bits per heavy atom. The number of sulfonamides is 1. The van der Waals surface area contributed by atoms with E-state index in [2.05, 4.69) is 9.71 Å². The van der Waals surface area contributed by atoms with Crippen LogP contribution in [0.4, 0.5) is 10.1 Å². The van der Waals surface area contributed by atoms with Gasteiger partial charge in [0.25, 0.3) is 0 Å². The van der Waals surface area contributed by atoms with E-state index in [-0.39, 0.29) is 35.5 Å². The first kappa shape index (κ1) is 28.7. The molecule has 0 bridgehead atoms. The number of hydrogen-bond donors (Lipinski definition) is 1. The van der Waals surface area contributed by atoms with Crippen LogP contribution in [0.3, 0.4) is 0 Å². The summed E-state index contributed by atoms with van der Waals surface area (Å²) in [5, 5.41) is 0. The van der Waals surface area contributed by atoms with E-state index in [1.807, 2.05) is 55.9 Å². The number of amides is 1. The van der Waals surface area contributed by atoms with Gasteiger partial charge in [0.2, 0.25) is 15.9 Å². The monoisotopic (exact) mass is 574 g/mol. The number of halogens is 1. The lowest BCUT2D eigenvalue weighted by molar-refractivity contribution is -0.119. The molecule has 9 heteroatoms. The Labute approximate surface area is 241 Å². The maximum Gasteiger partial charge on any atom is 0.241 e. The number of carbonyl (C=O) groups is 1. The van der Waals surface area contributed by atoms with Crippen molar-refractivity contribution in [2.75, 3.05) is 4.90 Å². The number of aromatic nitrogens is 2. The summed E-state index contributed by atoms with van der Waals surface area (Å²) in [6.45, 7) is 3.93. The van der Waals surface area contributed by atoms with Crippen molar-refractivity contribution >= 4 is 21.6 Å². The molecule has 2 atom stereocenters. The van der Waals surface area contributed by atoms with Crippen LogP contribution in [-0.2, 0) is 34.8 Å². The molecule has 0 radical (unpaired) electrons. The van der Waals surface area contributed by atoms with E-state index in [4.69, 9.17) is 0 Å². The Kier molecular flexibility index (Phi) is 8.37. The molecule has 1 aliphatic carbocycles. The van der Waals surface area contributed by atoms with Gasteiger partial charge in [0.15, 0.2) is 0 Å². The minimum absolute atomic E-state index is 0.103. The molecule has 41 heavy (non-hydrogen) atoms. The normalized spacial score (nSPS) is 15.8. The number of aryl methyl sites for hydroxylation is 3. The molecule has 0 unspecified atom stereocenters. The third kappa shape index (κ3) is 6.41. The highest BCUT2D eigenvalue weighted by Crippen LogP contribution is 2.35. The number of carbonyl (C=O) groups excluding carboxylic acids is 1. The molecule has 0 aliphatic heterocycles. The van der Waals surface area contributed by atoms with Gasteiger partial charge >= 0.3 is 0 Å². The van der Waals surface area contributed by atoms with Gasteiger partial charge in [0, 0.05) is 37.6 Å². The number of benzene rings is 3. The number of hydrogen-bond acceptors (Lipinski definition) is 4. The number of nitrogens with zero attached hydrogens (tertiary/aromatic N) is 3. The smallest absolute Gasteiger partial charge is 0.241 e. The Morgan fingerprint density at radius 3 is 2.68 bits per heavy atom. The van der Waals surface area contributed by atoms with Crippen molar-refractivity contribution in [3.05, 3.63) is 113 Å². The minimum Gasteiger partial charge on any atom is -0.337 e. The quantitative estimate of drug-likeness (QED) is 0.268. The van der Waals surface area contributed by atoms with E-state index < -0.39 is 16.1 Å². The lowest BCUT2D eigenvalue weighted by atomic mass is 9.87. The maximum absolute atomic E-state index is 14.5. The molecule has 214 valence electrons. The number of anilines is 1. The van der Waals surface area contributed by atoms with Crippen molar-refractivity contribution in [3.63, 3.8) is 0 Å². The van der Waals surface area contributed by atoms with Crippen LogP contribution in [0.5, 0.6) is 0 Å². The summed E-state index contributed by atoms with van der Waals surface area (Å²) in [5.74, 6) is -0.136. The third-order valence-corrected chi connectivity index (χ3v) is 9.26. The molecule has 1 N–H and O–H groups in total. The Morgan fingerprint density at radius 1 is 1.15 bits per heavy atom. The second kappa shape index (κ2) is 12.0. The van der Waals surface area contributed by atoms with Crippen LogP contribution in [-0.4, -0.2) is 23.9 Å². The highest BCUT2D eigenvalue weighted by molar-refractivity contribution is 7.89. The minimum atomic E-state index is -3.75. The van der Waals surface area contributed by atoms with Gasteiger partial charge in [0.05, 0.1) is 11.4 Å². The van der Waals surface area contributed by atoms with Gasteiger partial charge in [0.1, 0.15) is 11.6 Å². The zero-order chi connectivity index (χ0) is 29.1. The lowest BCUT2D eigenvalue weighted by Gasteiger charge is -2.30. The summed E-state index contributed by atoms with van der Waals surface area (Å²) in [4.78, 5) is 20.1. The fourth-order valence-corrected chi connectivity index (χ4v) is 6.84. The highest BCUT2D eigenvalue weighted by atomic mass is 32.2. The molecule has 1 heterocycles. The van der Waals surface area contributed by atoms with Crippen LogP contribution in [0.15, 0.2) is 84.0 Å². The molecule has 1 amide bonds. The number of fused-ring (bicyclic) bond motifs is 1. The second-order valence-corrected chi connectivity index (χ2v) is 12.5. The van der Waals surface area contributed by atoms with Crippen molar-refractivity contribution < 1.29 is 17.6 Å². The first-order valence-electron chi connectivity index (χ1n) is 13.8. The molecular weight excluding hydrogens is 539 g/mol. The molecule has 5 rings (SSSR count). The first-order valence-corrected chi connectivity index (χ1v) is 15.3. The van der Waals surface area contributed by atoms with E-state index in [0.29, 0.717) is 23.5 Å². The summed E-state index contributed by atoms with van der Waals surface area (Å²) < 4.78 is 45.9. The second-order valence-electron chi connectivity index (χ2n) is 10.8. The van der Waals surface area contributed by atoms with Crippen LogP contribution >= 0.6 is 0 Å². The lowest BCUT2D eigenvalue weighted by Crippen LogP contribution is -2.34. The summed E-state index contributed by atoms with van der Waals surface area (Å²) >= 11 is 0. The van der Waals surface area contributed by atoms with E-state index >= 15 is 0 Å². The predicted octanol–water partition coefficient (Wildman–Crippen LogP) is 5.95. The van der Waals surface area contributed by atoms with Crippen molar-refractivity contribution in [2.45, 2.75) is 62.9 Å². The topological polar surface area (TPSA) is 84.3 Å². The van der Waals surface area contributed by atoms with Gasteiger partial charge in [-0.15, -0.1) is 0 Å². The van der Waals surface area contributed by atoms with E-state index in [9.17, 15) is 17.6 Å². The van der Waals surface area contributed by atoms with Crippen molar-refractivity contribution in [1.29, 1.82) is 0 Å². The van der Waals surface area contributed by atoms with Gasteiger partial charge in [-0.1, -0.05) is 43.3 Å². The van der Waals surface area contributed by atoms with Crippen LogP contribution < -0.4 is 9.62 Å². The molecule has 3 aromatic carbocycles. The van der Waals surface area contributed by atoms with Crippen LogP contribution in [0.25, 0.3) is 0 Å². The van der Waals surface area contributed by atoms with Crippen LogP contribution in [0.2, 0.25) is 0 Å². The summed E-state index contributed by atoms with van der Waals surface area (Å²) in [7, 11) is -1.88. The molecule has 0 saturated heterocycles. The average Bonchev–Trinajstić information content (AvgIpc) is 3.35. The largest absolute Gasteiger partial charge is 0.337 e. The van der Waals surface area contributed by atoms with Gasteiger partial charge in [-0.2, -0.15) is 0 Å². The molecular formula is C32H35FN4O3S. The molecule has 1 aromatic heterocycles. The van der Waals surface area contributed by atoms with Crippen molar-refractivity contribution in [3.8, 4) is 0 Å². The molecule has 7 nitrogen and oxygen atoms in total. The van der Waals surface area contributed by atoms with Crippen LogP contribution in [0.1, 0.15) is 66.2 Å². The van der Waals surface area contributed by atoms with Crippen molar-refractivity contribution in [1.82, 2.24) is 14.3 Å². The molecule has 0 saturated carbocycles. The summed E-state index contributed by atoms with van der Waals surface area (Å²) in [5.41, 5.74) is 3.94. The van der Waals surface area contributed by atoms with E-state index in [1.165, 1.54) is 6.07 Å². The number of rotatable bonds is 9. The third-order valence-electron chi connectivity index (χ3n) is 7.79. The highest BCUT2D eigenvalue weighted by Gasteiger charge is 2.28. The zero-order valence-electron chi connectivity index (χ0n) is 23.5. The average molecular weight is 575 g/mol. The first-order chi connectivity index (χ1) is 19.6. The van der Waals surface area contributed by atoms with Gasteiger partial charge in [-0.25, -0.2) is 22.5 Å². The van der Waals surface area contributed by atoms with Gasteiger partial charge in [-0.05, 0) is 84.7 Å². The maximum atomic E-state index is 14.5. The van der Waals surface area contributed by atoms with Crippen molar-refractivity contribution in [2.24, 2.45) is 7.05 Å². The Balaban J connectivity index is 1.47. The van der Waals surface area contributed by atoms with E-state index in [1.54, 1.807) is 47.5 Å².